The number of hydrogen-bond donors (Lipinski definition) is 1. The number of anilines is 1. The van der Waals surface area contributed by atoms with Crippen LogP contribution in [0.4, 0.5) is 5.69 Å². The Hall–Kier alpha value is -1.18. The number of phenols is 1. The molecular weight excluding hydrogens is 222 g/mol. The first-order valence-electron chi connectivity index (χ1n) is 7.32. The van der Waals surface area contributed by atoms with Crippen molar-refractivity contribution in [3.8, 4) is 5.75 Å². The molecule has 0 bridgehead atoms. The first-order chi connectivity index (χ1) is 8.77. The average Bonchev–Trinajstić information content (AvgIpc) is 2.38. The van der Waals surface area contributed by atoms with E-state index in [4.69, 9.17) is 0 Å². The van der Waals surface area contributed by atoms with Crippen molar-refractivity contribution < 1.29 is 5.11 Å². The Morgan fingerprint density at radius 1 is 1.00 bits per heavy atom. The van der Waals surface area contributed by atoms with Crippen LogP contribution in [0, 0.1) is 0 Å². The molecule has 0 aromatic heterocycles. The number of aromatic hydroxyl groups is 1. The Morgan fingerprint density at radius 2 is 1.72 bits per heavy atom. The van der Waals surface area contributed by atoms with Crippen LogP contribution in [0.3, 0.4) is 0 Å². The van der Waals surface area contributed by atoms with Gasteiger partial charge in [-0.05, 0) is 25.5 Å². The summed E-state index contributed by atoms with van der Waals surface area (Å²) in [6.45, 7) is 6.51. The van der Waals surface area contributed by atoms with Gasteiger partial charge in [0, 0.05) is 24.8 Å². The molecule has 1 N–H and O–H groups in total. The second-order valence-electron chi connectivity index (χ2n) is 4.87. The molecule has 0 saturated carbocycles. The number of unbranched alkanes of at least 4 members (excludes halogenated alkanes) is 5. The van der Waals surface area contributed by atoms with Gasteiger partial charge in [-0.3, -0.25) is 0 Å². The Balaban J connectivity index is 2.29. The minimum absolute atomic E-state index is 0.355. The number of phenolic OH excluding ortho intramolecular Hbond substituents is 1. The van der Waals surface area contributed by atoms with Crippen LogP contribution < -0.4 is 4.90 Å². The predicted molar refractivity (Wildman–Crippen MR) is 79.4 cm³/mol. The largest absolute Gasteiger partial charge is 0.508 e. The van der Waals surface area contributed by atoms with Crippen molar-refractivity contribution in [1.82, 2.24) is 0 Å². The molecule has 0 radical (unpaired) electrons. The fourth-order valence-electron chi connectivity index (χ4n) is 2.24. The van der Waals surface area contributed by atoms with E-state index in [9.17, 15) is 5.11 Å². The van der Waals surface area contributed by atoms with Gasteiger partial charge in [0.25, 0.3) is 0 Å². The third-order valence-electron chi connectivity index (χ3n) is 3.36. The van der Waals surface area contributed by atoms with Crippen LogP contribution in [0.2, 0.25) is 0 Å². The molecule has 2 nitrogen and oxygen atoms in total. The predicted octanol–water partition coefficient (Wildman–Crippen LogP) is 4.58. The summed E-state index contributed by atoms with van der Waals surface area (Å²) in [6, 6.07) is 7.55. The minimum atomic E-state index is 0.355. The maximum Gasteiger partial charge on any atom is 0.117 e. The molecule has 0 saturated heterocycles. The molecule has 0 unspecified atom stereocenters. The Kier molecular flexibility index (Phi) is 7.31. The van der Waals surface area contributed by atoms with Gasteiger partial charge in [0.15, 0.2) is 0 Å². The molecule has 1 aromatic carbocycles. The van der Waals surface area contributed by atoms with Crippen LogP contribution in [-0.2, 0) is 0 Å². The highest BCUT2D eigenvalue weighted by Crippen LogP contribution is 2.20. The third-order valence-corrected chi connectivity index (χ3v) is 3.36. The highest BCUT2D eigenvalue weighted by Gasteiger charge is 2.04. The van der Waals surface area contributed by atoms with E-state index in [2.05, 4.69) is 24.8 Å². The lowest BCUT2D eigenvalue weighted by Crippen LogP contribution is -2.23. The normalized spacial score (nSPS) is 10.6. The second kappa shape index (κ2) is 8.84. The van der Waals surface area contributed by atoms with Crippen molar-refractivity contribution in [3.05, 3.63) is 24.3 Å². The molecule has 1 rings (SSSR count). The Labute approximate surface area is 112 Å². The quantitative estimate of drug-likeness (QED) is 0.648. The fraction of sp³-hybridized carbons (Fsp3) is 0.625. The van der Waals surface area contributed by atoms with Gasteiger partial charge in [-0.25, -0.2) is 0 Å². The highest BCUT2D eigenvalue weighted by molar-refractivity contribution is 5.50. The lowest BCUT2D eigenvalue weighted by Gasteiger charge is -2.23. The summed E-state index contributed by atoms with van der Waals surface area (Å²) in [5, 5.41) is 9.50. The molecule has 0 aliphatic rings. The SMILES string of the molecule is CCCCCCCCN(CC)c1cccc(O)c1. The maximum absolute atomic E-state index is 9.50. The number of hydrogen-bond acceptors (Lipinski definition) is 2. The van der Waals surface area contributed by atoms with E-state index in [1.54, 1.807) is 6.07 Å². The van der Waals surface area contributed by atoms with Crippen LogP contribution in [-0.4, -0.2) is 18.2 Å². The van der Waals surface area contributed by atoms with E-state index in [1.807, 2.05) is 12.1 Å². The van der Waals surface area contributed by atoms with E-state index in [0.717, 1.165) is 18.8 Å². The molecule has 0 atom stereocenters. The summed E-state index contributed by atoms with van der Waals surface area (Å²) in [5.74, 6) is 0.355. The average molecular weight is 249 g/mol. The molecule has 0 spiro atoms. The zero-order chi connectivity index (χ0) is 13.2. The molecule has 18 heavy (non-hydrogen) atoms. The van der Waals surface area contributed by atoms with E-state index in [-0.39, 0.29) is 0 Å². The summed E-state index contributed by atoms with van der Waals surface area (Å²) in [4.78, 5) is 2.33. The molecule has 0 aliphatic carbocycles. The summed E-state index contributed by atoms with van der Waals surface area (Å²) in [6.07, 6.45) is 7.96. The lowest BCUT2D eigenvalue weighted by molar-refractivity contribution is 0.475. The molecule has 1 aromatic rings. The summed E-state index contributed by atoms with van der Waals surface area (Å²) < 4.78 is 0. The molecule has 0 amide bonds. The van der Waals surface area contributed by atoms with E-state index in [0.29, 0.717) is 5.75 Å². The summed E-state index contributed by atoms with van der Waals surface area (Å²) >= 11 is 0. The summed E-state index contributed by atoms with van der Waals surface area (Å²) in [7, 11) is 0. The van der Waals surface area contributed by atoms with Crippen molar-refractivity contribution >= 4 is 5.69 Å². The van der Waals surface area contributed by atoms with Gasteiger partial charge in [-0.1, -0.05) is 45.1 Å². The monoisotopic (exact) mass is 249 g/mol. The summed E-state index contributed by atoms with van der Waals surface area (Å²) in [5.41, 5.74) is 1.13. The van der Waals surface area contributed by atoms with Gasteiger partial charge in [0.1, 0.15) is 5.75 Å². The maximum atomic E-state index is 9.50. The Morgan fingerprint density at radius 3 is 2.39 bits per heavy atom. The first-order valence-corrected chi connectivity index (χ1v) is 7.32. The standard InChI is InChI=1S/C16H27NO/c1-3-5-6-7-8-9-13-17(4-2)15-11-10-12-16(18)14-15/h10-12,14,18H,3-9,13H2,1-2H3. The zero-order valence-electron chi connectivity index (χ0n) is 11.9. The fourth-order valence-corrected chi connectivity index (χ4v) is 2.24. The zero-order valence-corrected chi connectivity index (χ0v) is 11.9. The lowest BCUT2D eigenvalue weighted by atomic mass is 10.1. The van der Waals surface area contributed by atoms with Crippen LogP contribution in [0.1, 0.15) is 52.4 Å². The first kappa shape index (κ1) is 14.9. The van der Waals surface area contributed by atoms with Gasteiger partial charge in [0.2, 0.25) is 0 Å². The van der Waals surface area contributed by atoms with Crippen LogP contribution in [0.25, 0.3) is 0 Å². The van der Waals surface area contributed by atoms with Gasteiger partial charge >= 0.3 is 0 Å². The molecule has 0 aliphatic heterocycles. The highest BCUT2D eigenvalue weighted by atomic mass is 16.3. The van der Waals surface area contributed by atoms with Gasteiger partial charge in [-0.2, -0.15) is 0 Å². The van der Waals surface area contributed by atoms with Crippen molar-refractivity contribution in [2.75, 3.05) is 18.0 Å². The van der Waals surface area contributed by atoms with Crippen molar-refractivity contribution in [2.45, 2.75) is 52.4 Å². The van der Waals surface area contributed by atoms with Gasteiger partial charge in [0.05, 0.1) is 0 Å². The smallest absolute Gasteiger partial charge is 0.117 e. The Bertz CT molecular complexity index is 325. The van der Waals surface area contributed by atoms with Crippen molar-refractivity contribution in [3.63, 3.8) is 0 Å². The van der Waals surface area contributed by atoms with Crippen LogP contribution in [0.5, 0.6) is 5.75 Å². The third kappa shape index (κ3) is 5.44. The van der Waals surface area contributed by atoms with Crippen molar-refractivity contribution in [1.29, 1.82) is 0 Å². The molecule has 0 heterocycles. The number of rotatable bonds is 9. The second-order valence-corrected chi connectivity index (χ2v) is 4.87. The van der Waals surface area contributed by atoms with Crippen LogP contribution in [0.15, 0.2) is 24.3 Å². The molecular formula is C16H27NO. The number of nitrogens with zero attached hydrogens (tertiary/aromatic N) is 1. The van der Waals surface area contributed by atoms with Gasteiger partial charge in [-0.15, -0.1) is 0 Å². The molecule has 0 fully saturated rings. The molecule has 2 heteroatoms. The molecule has 102 valence electrons. The van der Waals surface area contributed by atoms with Gasteiger partial charge < -0.3 is 10.0 Å². The van der Waals surface area contributed by atoms with E-state index < -0.39 is 0 Å². The number of benzene rings is 1. The topological polar surface area (TPSA) is 23.5 Å². The minimum Gasteiger partial charge on any atom is -0.508 e. The van der Waals surface area contributed by atoms with E-state index in [1.165, 1.54) is 38.5 Å². The van der Waals surface area contributed by atoms with E-state index >= 15 is 0 Å². The van der Waals surface area contributed by atoms with Crippen LogP contribution >= 0.6 is 0 Å². The van der Waals surface area contributed by atoms with Crippen molar-refractivity contribution in [2.24, 2.45) is 0 Å².